The van der Waals surface area contributed by atoms with Gasteiger partial charge in [-0.15, -0.1) is 0 Å². The standard InChI is InChI=1S/C42H27N3/c1-4-14-28(15-5-1)34-26-37-38(27-35(34)29-16-6-2-7-17-29)43-41(30-18-8-3-9-19-30)44-42(37)45-39-23-13-12-22-33(39)36-24-31-20-10-11-21-32(31)25-40(36)45/h1-27H. The Balaban J connectivity index is 1.45. The van der Waals surface area contributed by atoms with Gasteiger partial charge in [-0.3, -0.25) is 4.57 Å². The highest BCUT2D eigenvalue weighted by Gasteiger charge is 2.20. The summed E-state index contributed by atoms with van der Waals surface area (Å²) in [7, 11) is 0. The van der Waals surface area contributed by atoms with Crippen molar-refractivity contribution in [2.75, 3.05) is 0 Å². The third-order valence-electron chi connectivity index (χ3n) is 8.77. The summed E-state index contributed by atoms with van der Waals surface area (Å²) in [6.45, 7) is 0. The lowest BCUT2D eigenvalue weighted by Gasteiger charge is -2.17. The molecule has 0 aliphatic rings. The van der Waals surface area contributed by atoms with E-state index in [0.717, 1.165) is 55.6 Å². The third kappa shape index (κ3) is 4.21. The number of aromatic nitrogens is 3. The van der Waals surface area contributed by atoms with E-state index in [1.807, 2.05) is 18.2 Å². The van der Waals surface area contributed by atoms with Gasteiger partial charge >= 0.3 is 0 Å². The van der Waals surface area contributed by atoms with Crippen molar-refractivity contribution in [1.29, 1.82) is 0 Å². The minimum atomic E-state index is 0.705. The van der Waals surface area contributed by atoms with Crippen LogP contribution < -0.4 is 0 Å². The third-order valence-corrected chi connectivity index (χ3v) is 8.77. The van der Waals surface area contributed by atoms with Gasteiger partial charge in [0.25, 0.3) is 0 Å². The Labute approximate surface area is 260 Å². The molecule has 2 heterocycles. The van der Waals surface area contributed by atoms with Crippen LogP contribution in [0.5, 0.6) is 0 Å². The zero-order valence-corrected chi connectivity index (χ0v) is 24.4. The molecule has 0 bridgehead atoms. The SMILES string of the molecule is c1ccc(-c2nc(-n3c4ccccc4c4cc5ccccc5cc43)c3cc(-c4ccccc4)c(-c4ccccc4)cc3n2)cc1. The van der Waals surface area contributed by atoms with Crippen LogP contribution in [0.1, 0.15) is 0 Å². The van der Waals surface area contributed by atoms with E-state index in [2.05, 4.69) is 150 Å². The molecule has 0 saturated heterocycles. The lowest BCUT2D eigenvalue weighted by molar-refractivity contribution is 1.08. The lowest BCUT2D eigenvalue weighted by atomic mass is 9.92. The van der Waals surface area contributed by atoms with Crippen molar-refractivity contribution in [2.24, 2.45) is 0 Å². The van der Waals surface area contributed by atoms with E-state index in [1.54, 1.807) is 0 Å². The summed E-state index contributed by atoms with van der Waals surface area (Å²) in [4.78, 5) is 10.6. The Hall–Kier alpha value is -6.06. The Morgan fingerprint density at radius 2 is 0.933 bits per heavy atom. The summed E-state index contributed by atoms with van der Waals surface area (Å²) in [5.74, 6) is 1.58. The monoisotopic (exact) mass is 573 g/mol. The zero-order valence-electron chi connectivity index (χ0n) is 24.4. The van der Waals surface area contributed by atoms with Crippen LogP contribution in [0.3, 0.4) is 0 Å². The van der Waals surface area contributed by atoms with Gasteiger partial charge in [-0.2, -0.15) is 0 Å². The summed E-state index contributed by atoms with van der Waals surface area (Å²) in [6.07, 6.45) is 0. The molecule has 0 unspecified atom stereocenters. The number of benzene rings is 7. The molecule has 0 aliphatic carbocycles. The van der Waals surface area contributed by atoms with E-state index in [1.165, 1.54) is 21.5 Å². The molecule has 9 rings (SSSR count). The van der Waals surface area contributed by atoms with Crippen LogP contribution in [-0.2, 0) is 0 Å². The van der Waals surface area contributed by atoms with E-state index < -0.39 is 0 Å². The number of para-hydroxylation sites is 1. The van der Waals surface area contributed by atoms with E-state index in [-0.39, 0.29) is 0 Å². The number of hydrogen-bond donors (Lipinski definition) is 0. The van der Waals surface area contributed by atoms with Crippen molar-refractivity contribution < 1.29 is 0 Å². The summed E-state index contributed by atoms with van der Waals surface area (Å²) >= 11 is 0. The van der Waals surface area contributed by atoms with Gasteiger partial charge in [-0.1, -0.05) is 133 Å². The molecular formula is C42H27N3. The number of rotatable bonds is 4. The highest BCUT2D eigenvalue weighted by molar-refractivity contribution is 6.14. The predicted molar refractivity (Wildman–Crippen MR) is 188 cm³/mol. The Bertz CT molecular complexity index is 2510. The van der Waals surface area contributed by atoms with E-state index in [9.17, 15) is 0 Å². The normalized spacial score (nSPS) is 11.6. The van der Waals surface area contributed by atoms with Crippen molar-refractivity contribution in [3.8, 4) is 39.5 Å². The highest BCUT2D eigenvalue weighted by atomic mass is 15.1. The maximum absolute atomic E-state index is 5.38. The van der Waals surface area contributed by atoms with Crippen LogP contribution in [0.2, 0.25) is 0 Å². The molecule has 2 aromatic heterocycles. The Kier molecular flexibility index (Phi) is 5.82. The molecule has 45 heavy (non-hydrogen) atoms. The smallest absolute Gasteiger partial charge is 0.162 e. The molecule has 0 N–H and O–H groups in total. The first-order valence-electron chi connectivity index (χ1n) is 15.3. The topological polar surface area (TPSA) is 30.7 Å². The second kappa shape index (κ2) is 10.3. The van der Waals surface area contributed by atoms with E-state index in [4.69, 9.17) is 9.97 Å². The molecule has 0 amide bonds. The van der Waals surface area contributed by atoms with Gasteiger partial charge in [0.2, 0.25) is 0 Å². The second-order valence-electron chi connectivity index (χ2n) is 11.5. The summed E-state index contributed by atoms with van der Waals surface area (Å²) in [5, 5.41) is 5.84. The van der Waals surface area contributed by atoms with Gasteiger partial charge < -0.3 is 0 Å². The van der Waals surface area contributed by atoms with Crippen LogP contribution in [0, 0.1) is 0 Å². The summed E-state index contributed by atoms with van der Waals surface area (Å²) < 4.78 is 2.34. The van der Waals surface area contributed by atoms with Crippen LogP contribution in [-0.4, -0.2) is 14.5 Å². The highest BCUT2D eigenvalue weighted by Crippen LogP contribution is 2.40. The number of nitrogens with zero attached hydrogens (tertiary/aromatic N) is 3. The van der Waals surface area contributed by atoms with Crippen molar-refractivity contribution in [3.63, 3.8) is 0 Å². The van der Waals surface area contributed by atoms with Crippen molar-refractivity contribution in [2.45, 2.75) is 0 Å². The Morgan fingerprint density at radius 1 is 0.378 bits per heavy atom. The molecule has 7 aromatic carbocycles. The van der Waals surface area contributed by atoms with Gasteiger partial charge in [-0.25, -0.2) is 9.97 Å². The largest absolute Gasteiger partial charge is 0.293 e. The molecule has 210 valence electrons. The quantitative estimate of drug-likeness (QED) is 0.210. The first kappa shape index (κ1) is 25.4. The molecule has 0 fully saturated rings. The van der Waals surface area contributed by atoms with Crippen molar-refractivity contribution in [3.05, 3.63) is 164 Å². The zero-order chi connectivity index (χ0) is 29.7. The molecule has 9 aromatic rings. The molecule has 0 spiro atoms. The molecule has 3 nitrogen and oxygen atoms in total. The predicted octanol–water partition coefficient (Wildman–Crippen LogP) is 10.9. The van der Waals surface area contributed by atoms with E-state index >= 15 is 0 Å². The van der Waals surface area contributed by atoms with Gasteiger partial charge in [0.1, 0.15) is 5.82 Å². The molecule has 0 radical (unpaired) electrons. The van der Waals surface area contributed by atoms with Crippen LogP contribution in [0.25, 0.3) is 82.9 Å². The fraction of sp³-hybridized carbons (Fsp3) is 0. The van der Waals surface area contributed by atoms with Crippen LogP contribution >= 0.6 is 0 Å². The lowest BCUT2D eigenvalue weighted by Crippen LogP contribution is -2.03. The molecule has 0 saturated carbocycles. The van der Waals surface area contributed by atoms with Gasteiger partial charge in [0, 0.05) is 21.7 Å². The average Bonchev–Trinajstić information content (AvgIpc) is 3.43. The van der Waals surface area contributed by atoms with Gasteiger partial charge in [-0.05, 0) is 63.4 Å². The minimum absolute atomic E-state index is 0.705. The second-order valence-corrected chi connectivity index (χ2v) is 11.5. The number of fused-ring (bicyclic) bond motifs is 5. The molecule has 3 heteroatoms. The van der Waals surface area contributed by atoms with Crippen LogP contribution in [0.4, 0.5) is 0 Å². The fourth-order valence-electron chi connectivity index (χ4n) is 6.64. The van der Waals surface area contributed by atoms with E-state index in [0.29, 0.717) is 5.82 Å². The first-order chi connectivity index (χ1) is 22.3. The molecular weight excluding hydrogens is 546 g/mol. The maximum atomic E-state index is 5.38. The van der Waals surface area contributed by atoms with Gasteiger partial charge in [0.05, 0.1) is 16.6 Å². The average molecular weight is 574 g/mol. The van der Waals surface area contributed by atoms with Crippen molar-refractivity contribution >= 4 is 43.5 Å². The molecule has 0 atom stereocenters. The van der Waals surface area contributed by atoms with Gasteiger partial charge in [0.15, 0.2) is 5.82 Å². The maximum Gasteiger partial charge on any atom is 0.162 e. The molecule has 0 aliphatic heterocycles. The Morgan fingerprint density at radius 3 is 1.62 bits per heavy atom. The summed E-state index contributed by atoms with van der Waals surface area (Å²) in [5.41, 5.74) is 8.75. The first-order valence-corrected chi connectivity index (χ1v) is 15.3. The minimum Gasteiger partial charge on any atom is -0.293 e. The summed E-state index contributed by atoms with van der Waals surface area (Å²) in [6, 6.07) is 57.9. The fourth-order valence-corrected chi connectivity index (χ4v) is 6.64. The van der Waals surface area contributed by atoms with Crippen LogP contribution in [0.15, 0.2) is 164 Å². The number of hydrogen-bond acceptors (Lipinski definition) is 2. The van der Waals surface area contributed by atoms with Crippen molar-refractivity contribution in [1.82, 2.24) is 14.5 Å².